The van der Waals surface area contributed by atoms with Gasteiger partial charge in [0.2, 0.25) is 0 Å². The molecular weight excluding hydrogens is 292 g/mol. The van der Waals surface area contributed by atoms with Crippen LogP contribution >= 0.6 is 0 Å². The van der Waals surface area contributed by atoms with Crippen molar-refractivity contribution in [2.75, 3.05) is 0 Å². The Hall–Kier alpha value is -0.610. The molecule has 0 saturated heterocycles. The molecule has 0 heterocycles. The van der Waals surface area contributed by atoms with E-state index in [1.54, 1.807) is 0 Å². The van der Waals surface area contributed by atoms with Crippen molar-refractivity contribution < 1.29 is 19.0 Å². The minimum Gasteiger partial charge on any atom is -0.462 e. The van der Waals surface area contributed by atoms with Gasteiger partial charge >= 0.3 is 5.97 Å². The number of carbonyl (C=O) groups is 1. The zero-order valence-corrected chi connectivity index (χ0v) is 16.1. The first-order valence-electron chi connectivity index (χ1n) is 9.17. The van der Waals surface area contributed by atoms with Crippen LogP contribution in [0.15, 0.2) is 0 Å². The van der Waals surface area contributed by atoms with Gasteiger partial charge in [-0.05, 0) is 59.8 Å². The molecule has 0 N–H and O–H groups in total. The molecule has 0 aromatic rings. The van der Waals surface area contributed by atoms with Crippen molar-refractivity contribution in [2.24, 2.45) is 11.3 Å². The molecule has 136 valence electrons. The highest BCUT2D eigenvalue weighted by Gasteiger charge is 2.32. The summed E-state index contributed by atoms with van der Waals surface area (Å²) in [6.45, 7) is 14.2. The van der Waals surface area contributed by atoms with Crippen molar-refractivity contribution in [1.29, 1.82) is 0 Å². The fourth-order valence-electron chi connectivity index (χ4n) is 2.55. The maximum atomic E-state index is 12.2. The third kappa shape index (κ3) is 6.80. The molecule has 0 spiro atoms. The molecular formula is C19H36O4. The van der Waals surface area contributed by atoms with Crippen molar-refractivity contribution in [3.05, 3.63) is 0 Å². The summed E-state index contributed by atoms with van der Waals surface area (Å²) in [7, 11) is 0. The molecule has 1 aliphatic rings. The lowest BCUT2D eigenvalue weighted by Gasteiger charge is -2.34. The molecule has 0 amide bonds. The van der Waals surface area contributed by atoms with Crippen molar-refractivity contribution in [2.45, 2.75) is 105 Å². The van der Waals surface area contributed by atoms with Crippen LogP contribution in [0.5, 0.6) is 0 Å². The quantitative estimate of drug-likeness (QED) is 0.478. The van der Waals surface area contributed by atoms with Crippen LogP contribution in [-0.4, -0.2) is 30.6 Å². The van der Waals surface area contributed by atoms with Crippen LogP contribution < -0.4 is 0 Å². The molecule has 1 fully saturated rings. The first-order chi connectivity index (χ1) is 10.7. The van der Waals surface area contributed by atoms with Crippen LogP contribution in [0.4, 0.5) is 0 Å². The summed E-state index contributed by atoms with van der Waals surface area (Å²) < 4.78 is 17.7. The molecule has 0 aromatic carbocycles. The molecule has 0 radical (unpaired) electrons. The van der Waals surface area contributed by atoms with Gasteiger partial charge in [0, 0.05) is 5.92 Å². The number of hydrogen-bond acceptors (Lipinski definition) is 4. The molecule has 4 heteroatoms. The average Bonchev–Trinajstić information content (AvgIpc) is 2.47. The Balaban J connectivity index is 2.41. The number of esters is 1. The van der Waals surface area contributed by atoms with Gasteiger partial charge in [-0.25, -0.2) is 0 Å². The monoisotopic (exact) mass is 328 g/mol. The lowest BCUT2D eigenvalue weighted by Crippen LogP contribution is -2.36. The molecule has 4 nitrogen and oxygen atoms in total. The van der Waals surface area contributed by atoms with E-state index in [2.05, 4.69) is 13.8 Å². The Labute approximate surface area is 142 Å². The second-order valence-corrected chi connectivity index (χ2v) is 7.97. The van der Waals surface area contributed by atoms with Gasteiger partial charge in [-0.15, -0.1) is 0 Å². The van der Waals surface area contributed by atoms with Crippen molar-refractivity contribution in [3.63, 3.8) is 0 Å². The third-order valence-electron chi connectivity index (χ3n) is 4.61. The normalized spacial score (nSPS) is 24.0. The highest BCUT2D eigenvalue weighted by molar-refractivity contribution is 5.75. The summed E-state index contributed by atoms with van der Waals surface area (Å²) in [6.07, 6.45) is 4.66. The van der Waals surface area contributed by atoms with Crippen LogP contribution in [0.2, 0.25) is 0 Å². The molecule has 0 bridgehead atoms. The fraction of sp³-hybridized carbons (Fsp3) is 0.947. The smallest absolute Gasteiger partial charge is 0.311 e. The second kappa shape index (κ2) is 9.03. The van der Waals surface area contributed by atoms with E-state index < -0.39 is 0 Å². The summed E-state index contributed by atoms with van der Waals surface area (Å²) in [5.41, 5.74) is -0.388. The fourth-order valence-corrected chi connectivity index (χ4v) is 2.55. The summed E-state index contributed by atoms with van der Waals surface area (Å²) in [6, 6.07) is 0. The lowest BCUT2D eigenvalue weighted by molar-refractivity contribution is -0.216. The minimum atomic E-state index is -0.388. The van der Waals surface area contributed by atoms with E-state index in [0.29, 0.717) is 5.92 Å². The summed E-state index contributed by atoms with van der Waals surface area (Å²) in [5.74, 6) is 0.255. The summed E-state index contributed by atoms with van der Waals surface area (Å²) >= 11 is 0. The van der Waals surface area contributed by atoms with E-state index in [-0.39, 0.29) is 36.0 Å². The molecule has 1 aliphatic carbocycles. The average molecular weight is 328 g/mol. The number of hydrogen-bond donors (Lipinski definition) is 0. The number of rotatable bonds is 8. The second-order valence-electron chi connectivity index (χ2n) is 7.97. The van der Waals surface area contributed by atoms with E-state index in [0.717, 1.165) is 32.1 Å². The van der Waals surface area contributed by atoms with E-state index in [1.807, 2.05) is 34.6 Å². The number of ether oxygens (including phenoxy) is 3. The van der Waals surface area contributed by atoms with E-state index in [4.69, 9.17) is 14.2 Å². The van der Waals surface area contributed by atoms with E-state index >= 15 is 0 Å². The van der Waals surface area contributed by atoms with Crippen LogP contribution in [0.25, 0.3) is 0 Å². The summed E-state index contributed by atoms with van der Waals surface area (Å²) in [5, 5.41) is 0. The molecule has 0 aromatic heterocycles. The molecule has 1 atom stereocenters. The van der Waals surface area contributed by atoms with Crippen molar-refractivity contribution in [1.82, 2.24) is 0 Å². The van der Waals surface area contributed by atoms with Gasteiger partial charge in [0.15, 0.2) is 6.29 Å². The maximum absolute atomic E-state index is 12.2. The topological polar surface area (TPSA) is 44.8 Å². The Kier molecular flexibility index (Phi) is 8.02. The van der Waals surface area contributed by atoms with E-state index in [1.165, 1.54) is 0 Å². The van der Waals surface area contributed by atoms with Gasteiger partial charge in [-0.2, -0.15) is 0 Å². The van der Waals surface area contributed by atoms with Gasteiger partial charge in [0.05, 0.1) is 17.6 Å². The Morgan fingerprint density at radius 1 is 1.04 bits per heavy atom. The number of carbonyl (C=O) groups excluding carboxylic acids is 1. The van der Waals surface area contributed by atoms with Crippen LogP contribution in [0, 0.1) is 11.3 Å². The highest BCUT2D eigenvalue weighted by atomic mass is 16.7. The largest absolute Gasteiger partial charge is 0.462 e. The zero-order chi connectivity index (χ0) is 17.6. The first-order valence-corrected chi connectivity index (χ1v) is 9.17. The first kappa shape index (κ1) is 20.4. The van der Waals surface area contributed by atoms with Crippen LogP contribution in [0.1, 0.15) is 80.6 Å². The molecule has 1 unspecified atom stereocenters. The van der Waals surface area contributed by atoms with Crippen LogP contribution in [0.3, 0.4) is 0 Å². The van der Waals surface area contributed by atoms with Gasteiger partial charge < -0.3 is 14.2 Å². The maximum Gasteiger partial charge on any atom is 0.311 e. The predicted molar refractivity (Wildman–Crippen MR) is 92.1 cm³/mol. The molecule has 1 saturated carbocycles. The Bertz CT molecular complexity index is 354. The van der Waals surface area contributed by atoms with Gasteiger partial charge in [-0.3, -0.25) is 4.79 Å². The van der Waals surface area contributed by atoms with Crippen molar-refractivity contribution >= 4 is 5.97 Å². The zero-order valence-electron chi connectivity index (χ0n) is 16.1. The predicted octanol–water partition coefficient (Wildman–Crippen LogP) is 4.70. The van der Waals surface area contributed by atoms with E-state index in [9.17, 15) is 4.79 Å². The third-order valence-corrected chi connectivity index (χ3v) is 4.61. The van der Waals surface area contributed by atoms with Crippen LogP contribution in [-0.2, 0) is 19.0 Å². The van der Waals surface area contributed by atoms with Crippen molar-refractivity contribution in [3.8, 4) is 0 Å². The standard InChI is InChI=1S/C19H36O4/c1-8-19(6,7)18(20)23-16-11-9-15(10-12-16)22-17(13(2)3)21-14(4)5/h13-17H,8-12H2,1-7H3. The highest BCUT2D eigenvalue weighted by Crippen LogP contribution is 2.29. The Morgan fingerprint density at radius 3 is 2.00 bits per heavy atom. The minimum absolute atomic E-state index is 0.0386. The molecule has 0 aliphatic heterocycles. The Morgan fingerprint density at radius 2 is 1.57 bits per heavy atom. The SMILES string of the molecule is CCC(C)(C)C(=O)OC1CCC(OC(OC(C)C)C(C)C)CC1. The lowest BCUT2D eigenvalue weighted by atomic mass is 9.90. The summed E-state index contributed by atoms with van der Waals surface area (Å²) in [4.78, 5) is 12.2. The van der Waals surface area contributed by atoms with Gasteiger partial charge in [-0.1, -0.05) is 20.8 Å². The molecule has 23 heavy (non-hydrogen) atoms. The van der Waals surface area contributed by atoms with Gasteiger partial charge in [0.25, 0.3) is 0 Å². The van der Waals surface area contributed by atoms with Gasteiger partial charge in [0.1, 0.15) is 6.10 Å². The molecule has 1 rings (SSSR count).